The van der Waals surface area contributed by atoms with Crippen molar-refractivity contribution in [3.63, 3.8) is 0 Å². The van der Waals surface area contributed by atoms with Gasteiger partial charge in [-0.3, -0.25) is 0 Å². The Bertz CT molecular complexity index is 880. The van der Waals surface area contributed by atoms with E-state index >= 15 is 0 Å². The highest BCUT2D eigenvalue weighted by molar-refractivity contribution is 5.83. The first-order valence-electron chi connectivity index (χ1n) is 7.98. The lowest BCUT2D eigenvalue weighted by Gasteiger charge is -2.26. The van der Waals surface area contributed by atoms with Gasteiger partial charge in [-0.2, -0.15) is 17.7 Å². The van der Waals surface area contributed by atoms with Crippen LogP contribution in [-0.2, 0) is 6.18 Å². The fourth-order valence-electron chi connectivity index (χ4n) is 3.54. The summed E-state index contributed by atoms with van der Waals surface area (Å²) in [5, 5.41) is 0. The molecule has 0 N–H and O–H groups in total. The van der Waals surface area contributed by atoms with Gasteiger partial charge in [0.2, 0.25) is 5.69 Å². The average molecular weight is 354 g/mol. The molecule has 0 aliphatic carbocycles. The molecule has 0 amide bonds. The molecule has 2 heterocycles. The first-order valence-corrected chi connectivity index (χ1v) is 7.98. The van der Waals surface area contributed by atoms with Crippen molar-refractivity contribution in [3.05, 3.63) is 58.8 Å². The highest BCUT2D eigenvalue weighted by Gasteiger charge is 2.44. The summed E-state index contributed by atoms with van der Waals surface area (Å²) >= 11 is 0. The molecular formula is C19H17F5N+. The van der Waals surface area contributed by atoms with Crippen LogP contribution < -0.4 is 4.57 Å². The Labute approximate surface area is 142 Å². The second kappa shape index (κ2) is 5.93. The van der Waals surface area contributed by atoms with Gasteiger partial charge < -0.3 is 0 Å². The number of rotatable bonds is 1. The lowest BCUT2D eigenvalue weighted by molar-refractivity contribution is -0.700. The van der Waals surface area contributed by atoms with Crippen LogP contribution in [0.15, 0.2) is 30.5 Å². The largest absolute Gasteiger partial charge is 0.422 e. The topological polar surface area (TPSA) is 3.88 Å². The maximum atomic E-state index is 14.9. The second-order valence-corrected chi connectivity index (χ2v) is 6.13. The summed E-state index contributed by atoms with van der Waals surface area (Å²) in [6.07, 6.45) is -1.02. The molecule has 1 aromatic heterocycles. The van der Waals surface area contributed by atoms with E-state index in [1.165, 1.54) is 0 Å². The van der Waals surface area contributed by atoms with Gasteiger partial charge in [0, 0.05) is 29.7 Å². The number of benzene rings is 1. The third kappa shape index (κ3) is 2.64. The number of alkyl halides is 3. The van der Waals surface area contributed by atoms with Gasteiger partial charge in [-0.05, 0) is 25.5 Å². The normalized spacial score (nSPS) is 18.2. The smallest absolute Gasteiger partial charge is 0.206 e. The number of aryl methyl sites for hydroxylation is 1. The van der Waals surface area contributed by atoms with E-state index in [0.29, 0.717) is 17.7 Å². The molecule has 3 rings (SSSR count). The summed E-state index contributed by atoms with van der Waals surface area (Å²) in [5.41, 5.74) is -0.128. The average Bonchev–Trinajstić information content (AvgIpc) is 2.51. The minimum atomic E-state index is -5.10. The zero-order valence-electron chi connectivity index (χ0n) is 14.0. The molecule has 1 unspecified atom stereocenters. The number of fused-ring (bicyclic) bond motifs is 3. The number of aromatic nitrogens is 1. The molecule has 1 aliphatic heterocycles. The van der Waals surface area contributed by atoms with Crippen molar-refractivity contribution in [3.8, 4) is 11.3 Å². The summed E-state index contributed by atoms with van der Waals surface area (Å²) < 4.78 is 70.2. The SMILES string of the molecule is CC=C1c2cc(F)c(C(F)(F)F)c(F)c2-c2cc(C)cc[n+]2C1CC. The van der Waals surface area contributed by atoms with Crippen LogP contribution in [0, 0.1) is 18.6 Å². The van der Waals surface area contributed by atoms with Gasteiger partial charge in [0.25, 0.3) is 0 Å². The predicted octanol–water partition coefficient (Wildman–Crippen LogP) is 5.61. The van der Waals surface area contributed by atoms with Crippen molar-refractivity contribution in [2.24, 2.45) is 0 Å². The van der Waals surface area contributed by atoms with Gasteiger partial charge in [-0.1, -0.05) is 13.0 Å². The van der Waals surface area contributed by atoms with Crippen LogP contribution in [-0.4, -0.2) is 0 Å². The van der Waals surface area contributed by atoms with E-state index in [9.17, 15) is 22.0 Å². The van der Waals surface area contributed by atoms with E-state index in [1.54, 1.807) is 36.8 Å². The molecule has 0 bridgehead atoms. The van der Waals surface area contributed by atoms with Crippen LogP contribution in [0.4, 0.5) is 22.0 Å². The van der Waals surface area contributed by atoms with Crippen LogP contribution in [0.2, 0.25) is 0 Å². The van der Waals surface area contributed by atoms with Crippen LogP contribution in [0.1, 0.15) is 43.0 Å². The van der Waals surface area contributed by atoms with E-state index in [4.69, 9.17) is 0 Å². The monoisotopic (exact) mass is 354 g/mol. The molecular weight excluding hydrogens is 337 g/mol. The zero-order valence-corrected chi connectivity index (χ0v) is 14.0. The second-order valence-electron chi connectivity index (χ2n) is 6.13. The molecule has 1 nitrogen and oxygen atoms in total. The Kier molecular flexibility index (Phi) is 4.17. The van der Waals surface area contributed by atoms with Crippen LogP contribution in [0.5, 0.6) is 0 Å². The summed E-state index contributed by atoms with van der Waals surface area (Å²) in [5.74, 6) is -3.14. The molecule has 0 radical (unpaired) electrons. The number of hydrogen-bond acceptors (Lipinski definition) is 0. The van der Waals surface area contributed by atoms with Gasteiger partial charge in [-0.15, -0.1) is 0 Å². The van der Waals surface area contributed by atoms with Crippen LogP contribution in [0.25, 0.3) is 16.8 Å². The van der Waals surface area contributed by atoms with Crippen LogP contribution >= 0.6 is 0 Å². The van der Waals surface area contributed by atoms with E-state index in [1.807, 2.05) is 13.0 Å². The minimum absolute atomic E-state index is 0.183. The predicted molar refractivity (Wildman–Crippen MR) is 84.7 cm³/mol. The summed E-state index contributed by atoms with van der Waals surface area (Å²) in [6, 6.07) is 4.07. The van der Waals surface area contributed by atoms with Crippen molar-refractivity contribution >= 4 is 5.57 Å². The Morgan fingerprint density at radius 1 is 1.20 bits per heavy atom. The number of allylic oxidation sites excluding steroid dienone is 2. The maximum Gasteiger partial charge on any atom is 0.422 e. The molecule has 1 aromatic carbocycles. The Morgan fingerprint density at radius 2 is 1.88 bits per heavy atom. The molecule has 6 heteroatoms. The van der Waals surface area contributed by atoms with E-state index in [2.05, 4.69) is 0 Å². The van der Waals surface area contributed by atoms with Crippen molar-refractivity contribution in [2.75, 3.05) is 0 Å². The van der Waals surface area contributed by atoms with Gasteiger partial charge in [0.15, 0.2) is 18.1 Å². The minimum Gasteiger partial charge on any atom is -0.206 e. The van der Waals surface area contributed by atoms with Crippen molar-refractivity contribution < 1.29 is 26.5 Å². The molecule has 1 aliphatic rings. The standard InChI is InChI=1S/C19H17F5N/c1-4-11-12-9-13(20)17(19(22,23)24)18(21)16(12)15-8-10(3)6-7-25(15)14(11)5-2/h4,6-9,14H,5H2,1-3H3/q+1. The van der Waals surface area contributed by atoms with Crippen LogP contribution in [0.3, 0.4) is 0 Å². The Morgan fingerprint density at radius 3 is 2.44 bits per heavy atom. The summed E-state index contributed by atoms with van der Waals surface area (Å²) in [7, 11) is 0. The first kappa shape index (κ1) is 17.6. The Balaban J connectivity index is 2.47. The van der Waals surface area contributed by atoms with Crippen molar-refractivity contribution in [1.29, 1.82) is 0 Å². The van der Waals surface area contributed by atoms with Crippen molar-refractivity contribution in [1.82, 2.24) is 0 Å². The fraction of sp³-hybridized carbons (Fsp3) is 0.316. The zero-order chi connectivity index (χ0) is 18.5. The number of halogens is 5. The Hall–Kier alpha value is -2.24. The molecule has 132 valence electrons. The molecule has 1 atom stereocenters. The van der Waals surface area contributed by atoms with Crippen molar-refractivity contribution in [2.45, 2.75) is 39.4 Å². The summed E-state index contributed by atoms with van der Waals surface area (Å²) in [6.45, 7) is 5.42. The maximum absolute atomic E-state index is 14.9. The van der Waals surface area contributed by atoms with E-state index in [-0.39, 0.29) is 17.2 Å². The summed E-state index contributed by atoms with van der Waals surface area (Å²) in [4.78, 5) is 0. The van der Waals surface area contributed by atoms with E-state index < -0.39 is 23.4 Å². The van der Waals surface area contributed by atoms with Gasteiger partial charge >= 0.3 is 6.18 Å². The highest BCUT2D eigenvalue weighted by atomic mass is 19.4. The first-order chi connectivity index (χ1) is 11.7. The number of hydrogen-bond donors (Lipinski definition) is 0. The van der Waals surface area contributed by atoms with E-state index in [0.717, 1.165) is 11.6 Å². The molecule has 0 saturated heterocycles. The highest BCUT2D eigenvalue weighted by Crippen LogP contribution is 2.45. The van der Waals surface area contributed by atoms with Gasteiger partial charge in [0.05, 0.1) is 5.56 Å². The third-order valence-electron chi connectivity index (χ3n) is 4.60. The lowest BCUT2D eigenvalue weighted by atomic mass is 9.84. The molecule has 0 saturated carbocycles. The quantitative estimate of drug-likeness (QED) is 0.463. The molecule has 25 heavy (non-hydrogen) atoms. The lowest BCUT2D eigenvalue weighted by Crippen LogP contribution is -2.45. The molecule has 0 fully saturated rings. The molecule has 0 spiro atoms. The molecule has 2 aromatic rings. The third-order valence-corrected chi connectivity index (χ3v) is 4.60. The number of pyridine rings is 1. The van der Waals surface area contributed by atoms with Gasteiger partial charge in [-0.25, -0.2) is 8.78 Å². The van der Waals surface area contributed by atoms with Gasteiger partial charge in [0.1, 0.15) is 11.4 Å². The number of nitrogens with zero attached hydrogens (tertiary/aromatic N) is 1. The fourth-order valence-corrected chi connectivity index (χ4v) is 3.54.